The number of benzene rings is 3. The Labute approximate surface area is 196 Å². The van der Waals surface area contributed by atoms with Gasteiger partial charge in [-0.15, -0.1) is 0 Å². The highest BCUT2D eigenvalue weighted by Gasteiger charge is 2.13. The summed E-state index contributed by atoms with van der Waals surface area (Å²) in [5.74, 6) is 1.34. The van der Waals surface area contributed by atoms with Gasteiger partial charge in [0.2, 0.25) is 0 Å². The molecule has 1 amide bonds. The maximum atomic E-state index is 12.5. The van der Waals surface area contributed by atoms with Crippen LogP contribution < -0.4 is 10.1 Å². The third kappa shape index (κ3) is 4.90. The largest absolute Gasteiger partial charge is 0.492 e. The highest BCUT2D eigenvalue weighted by atomic mass is 35.5. The molecule has 4 aromatic rings. The van der Waals surface area contributed by atoms with E-state index in [0.29, 0.717) is 30.3 Å². The van der Waals surface area contributed by atoms with Gasteiger partial charge in [-0.2, -0.15) is 0 Å². The maximum Gasteiger partial charge on any atom is 0.251 e. The molecule has 0 spiro atoms. The lowest BCUT2D eigenvalue weighted by Gasteiger charge is -2.13. The zero-order chi connectivity index (χ0) is 22.7. The quantitative estimate of drug-likeness (QED) is 0.364. The normalized spacial score (nSPS) is 11.0. The number of nitrogens with one attached hydrogen (secondary N) is 1. The van der Waals surface area contributed by atoms with Gasteiger partial charge in [-0.05, 0) is 67.4 Å². The molecule has 0 unspecified atom stereocenters. The number of hydrogen-bond donors (Lipinski definition) is 1. The molecule has 0 aliphatic rings. The van der Waals surface area contributed by atoms with E-state index in [-0.39, 0.29) is 5.91 Å². The summed E-state index contributed by atoms with van der Waals surface area (Å²) in [5.41, 5.74) is 4.35. The van der Waals surface area contributed by atoms with E-state index < -0.39 is 0 Å². The van der Waals surface area contributed by atoms with E-state index >= 15 is 0 Å². The minimum atomic E-state index is -0.200. The molecule has 4 rings (SSSR count). The maximum absolute atomic E-state index is 12.5. The van der Waals surface area contributed by atoms with E-state index in [1.807, 2.05) is 50.2 Å². The molecule has 5 nitrogen and oxygen atoms in total. The Kier molecular flexibility index (Phi) is 6.68. The van der Waals surface area contributed by atoms with Crippen molar-refractivity contribution < 1.29 is 9.53 Å². The van der Waals surface area contributed by atoms with Crippen LogP contribution in [0, 0.1) is 13.8 Å². The Morgan fingerprint density at radius 1 is 1.03 bits per heavy atom. The number of carbonyl (C=O) groups excluding carboxylic acids is 1. The molecule has 0 radical (unpaired) electrons. The van der Waals surface area contributed by atoms with Crippen molar-refractivity contribution in [3.05, 3.63) is 93.2 Å². The number of hydrogen-bond acceptors (Lipinski definition) is 3. The second kappa shape index (κ2) is 9.63. The average Bonchev–Trinajstić information content (AvgIpc) is 3.13. The first-order valence-electron chi connectivity index (χ1n) is 10.3. The lowest BCUT2D eigenvalue weighted by Crippen LogP contribution is -2.25. The molecule has 164 valence electrons. The number of imidazole rings is 1. The van der Waals surface area contributed by atoms with Crippen LogP contribution in [0.2, 0.25) is 10.0 Å². The molecular formula is C25H23Cl2N3O2. The summed E-state index contributed by atoms with van der Waals surface area (Å²) in [7, 11) is 0. The van der Waals surface area contributed by atoms with Gasteiger partial charge < -0.3 is 14.6 Å². The van der Waals surface area contributed by atoms with Gasteiger partial charge in [0.05, 0.1) is 24.1 Å². The molecule has 0 saturated heterocycles. The highest BCUT2D eigenvalue weighted by Crippen LogP contribution is 2.26. The van der Waals surface area contributed by atoms with Crippen LogP contribution >= 0.6 is 23.2 Å². The Balaban J connectivity index is 1.49. The van der Waals surface area contributed by atoms with Gasteiger partial charge in [0, 0.05) is 15.6 Å². The number of halogens is 2. The first-order chi connectivity index (χ1) is 15.4. The number of nitrogens with zero attached hydrogens (tertiary/aromatic N) is 2. The molecule has 3 aromatic carbocycles. The predicted octanol–water partition coefficient (Wildman–Crippen LogP) is 5.97. The van der Waals surface area contributed by atoms with Crippen molar-refractivity contribution in [2.24, 2.45) is 0 Å². The van der Waals surface area contributed by atoms with Crippen molar-refractivity contribution in [1.82, 2.24) is 14.9 Å². The number of carbonyl (C=O) groups is 1. The van der Waals surface area contributed by atoms with Crippen molar-refractivity contribution in [2.75, 3.05) is 6.61 Å². The Morgan fingerprint density at radius 3 is 2.53 bits per heavy atom. The first kappa shape index (κ1) is 22.2. The van der Waals surface area contributed by atoms with Gasteiger partial charge in [-0.3, -0.25) is 4.79 Å². The molecule has 0 aliphatic heterocycles. The number of fused-ring (bicyclic) bond motifs is 1. The van der Waals surface area contributed by atoms with Gasteiger partial charge in [0.15, 0.2) is 0 Å². The van der Waals surface area contributed by atoms with Crippen molar-refractivity contribution in [3.8, 4) is 5.75 Å². The van der Waals surface area contributed by atoms with Gasteiger partial charge >= 0.3 is 0 Å². The van der Waals surface area contributed by atoms with Crippen LogP contribution in [0.3, 0.4) is 0 Å². The molecule has 0 bridgehead atoms. The summed E-state index contributed by atoms with van der Waals surface area (Å²) in [6, 6.07) is 18.6. The summed E-state index contributed by atoms with van der Waals surface area (Å²) in [6.07, 6.45) is 0. The Bertz CT molecular complexity index is 1260. The van der Waals surface area contributed by atoms with Crippen LogP contribution in [-0.2, 0) is 13.1 Å². The average molecular weight is 468 g/mol. The van der Waals surface area contributed by atoms with Crippen molar-refractivity contribution in [2.45, 2.75) is 26.9 Å². The molecule has 7 heteroatoms. The minimum Gasteiger partial charge on any atom is -0.492 e. The van der Waals surface area contributed by atoms with E-state index in [1.165, 1.54) is 0 Å². The molecule has 0 atom stereocenters. The van der Waals surface area contributed by atoms with Crippen molar-refractivity contribution >= 4 is 40.1 Å². The van der Waals surface area contributed by atoms with Crippen LogP contribution in [0.15, 0.2) is 60.7 Å². The topological polar surface area (TPSA) is 56.1 Å². The fourth-order valence-corrected chi connectivity index (χ4v) is 3.94. The van der Waals surface area contributed by atoms with Crippen molar-refractivity contribution in [3.63, 3.8) is 0 Å². The zero-order valence-electron chi connectivity index (χ0n) is 17.9. The number of aromatic nitrogens is 2. The second-order valence-electron chi connectivity index (χ2n) is 7.58. The standard InChI is InChI=1S/C25H23Cl2N3O2/c1-16-12-20(13-17(2)24(16)27)32-11-10-30-22-9-4-3-8-21(22)29-23(30)15-28-25(31)18-6-5-7-19(26)14-18/h3-9,12-14H,10-11,15H2,1-2H3,(H,28,31). The summed E-state index contributed by atoms with van der Waals surface area (Å²) < 4.78 is 8.07. The third-order valence-corrected chi connectivity index (χ3v) is 6.05. The van der Waals surface area contributed by atoms with E-state index in [9.17, 15) is 4.79 Å². The summed E-state index contributed by atoms with van der Waals surface area (Å²) >= 11 is 12.3. The van der Waals surface area contributed by atoms with E-state index in [2.05, 4.69) is 9.88 Å². The molecule has 0 fully saturated rings. The van der Waals surface area contributed by atoms with Gasteiger partial charge in [0.1, 0.15) is 18.2 Å². The number of rotatable bonds is 7. The molecule has 32 heavy (non-hydrogen) atoms. The fourth-order valence-electron chi connectivity index (χ4n) is 3.65. The molecule has 1 heterocycles. The molecule has 1 aromatic heterocycles. The fraction of sp³-hybridized carbons (Fsp3) is 0.200. The minimum absolute atomic E-state index is 0.200. The van der Waals surface area contributed by atoms with E-state index in [4.69, 9.17) is 32.9 Å². The number of ether oxygens (including phenoxy) is 1. The van der Waals surface area contributed by atoms with Gasteiger partial charge in [0.25, 0.3) is 5.91 Å². The van der Waals surface area contributed by atoms with Crippen LogP contribution in [0.5, 0.6) is 5.75 Å². The monoisotopic (exact) mass is 467 g/mol. The number of aryl methyl sites for hydroxylation is 2. The summed E-state index contributed by atoms with van der Waals surface area (Å²) in [6.45, 7) is 5.26. The first-order valence-corrected chi connectivity index (χ1v) is 11.1. The second-order valence-corrected chi connectivity index (χ2v) is 8.40. The van der Waals surface area contributed by atoms with Gasteiger partial charge in [-0.25, -0.2) is 4.98 Å². The number of para-hydroxylation sites is 2. The predicted molar refractivity (Wildman–Crippen MR) is 129 cm³/mol. The molecule has 0 aliphatic carbocycles. The van der Waals surface area contributed by atoms with Crippen LogP contribution in [0.1, 0.15) is 27.3 Å². The van der Waals surface area contributed by atoms with Crippen LogP contribution in [0.25, 0.3) is 11.0 Å². The van der Waals surface area contributed by atoms with E-state index in [0.717, 1.165) is 38.8 Å². The Hall–Kier alpha value is -3.02. The zero-order valence-corrected chi connectivity index (χ0v) is 19.4. The molecule has 0 saturated carbocycles. The molecular weight excluding hydrogens is 445 g/mol. The van der Waals surface area contributed by atoms with E-state index in [1.54, 1.807) is 24.3 Å². The Morgan fingerprint density at radius 2 is 1.78 bits per heavy atom. The van der Waals surface area contributed by atoms with Crippen molar-refractivity contribution in [1.29, 1.82) is 0 Å². The van der Waals surface area contributed by atoms with Crippen LogP contribution in [0.4, 0.5) is 0 Å². The summed E-state index contributed by atoms with van der Waals surface area (Å²) in [5, 5.41) is 4.22. The lowest BCUT2D eigenvalue weighted by molar-refractivity contribution is 0.0949. The lowest BCUT2D eigenvalue weighted by atomic mass is 10.1. The third-order valence-electron chi connectivity index (χ3n) is 5.22. The summed E-state index contributed by atoms with van der Waals surface area (Å²) in [4.78, 5) is 17.3. The smallest absolute Gasteiger partial charge is 0.251 e. The molecule has 1 N–H and O–H groups in total. The SMILES string of the molecule is Cc1cc(OCCn2c(CNC(=O)c3cccc(Cl)c3)nc3ccccc32)cc(C)c1Cl. The number of amides is 1. The van der Waals surface area contributed by atoms with Crippen LogP contribution in [-0.4, -0.2) is 22.1 Å². The van der Waals surface area contributed by atoms with Gasteiger partial charge in [-0.1, -0.05) is 41.4 Å². The highest BCUT2D eigenvalue weighted by molar-refractivity contribution is 6.32.